The van der Waals surface area contributed by atoms with Crippen molar-refractivity contribution in [1.82, 2.24) is 0 Å². The van der Waals surface area contributed by atoms with Crippen LogP contribution in [0.2, 0.25) is 0 Å². The van der Waals surface area contributed by atoms with E-state index in [-0.39, 0.29) is 0 Å². The van der Waals surface area contributed by atoms with Gasteiger partial charge >= 0.3 is 0 Å². The normalized spacial score (nSPS) is 52.2. The van der Waals surface area contributed by atoms with Gasteiger partial charge in [0, 0.05) is 19.3 Å². The van der Waals surface area contributed by atoms with Crippen LogP contribution in [0.3, 0.4) is 0 Å². The average molecular weight is 313 g/mol. The quantitative estimate of drug-likeness (QED) is 0.673. The molecule has 4 fully saturated rings. The van der Waals surface area contributed by atoms with Crippen molar-refractivity contribution in [2.75, 3.05) is 0 Å². The lowest BCUT2D eigenvalue weighted by Gasteiger charge is -2.60. The molecular weight excluding hydrogens is 282 g/mol. The van der Waals surface area contributed by atoms with Crippen molar-refractivity contribution in [2.45, 2.75) is 78.1 Å². The molecule has 0 saturated heterocycles. The molecule has 0 aromatic rings. The SMILES string of the molecule is C[C@]12CCC(=O)C[C@@H]1CC[C@@H]1[C@@H]2CC[C@]2(C)[C@@H](CC#N)CC[C@@H]12. The first-order valence-electron chi connectivity index (χ1n) is 9.87. The Bertz CT molecular complexity index is 549. The molecule has 4 aliphatic carbocycles. The topological polar surface area (TPSA) is 40.9 Å². The van der Waals surface area contributed by atoms with E-state index in [0.29, 0.717) is 28.4 Å². The molecule has 4 saturated carbocycles. The minimum Gasteiger partial charge on any atom is -0.300 e. The van der Waals surface area contributed by atoms with Crippen LogP contribution in [0.5, 0.6) is 0 Å². The van der Waals surface area contributed by atoms with Gasteiger partial charge in [-0.2, -0.15) is 5.26 Å². The molecule has 4 aliphatic rings. The number of nitriles is 1. The van der Waals surface area contributed by atoms with Crippen LogP contribution in [-0.4, -0.2) is 5.78 Å². The second-order valence-corrected chi connectivity index (χ2v) is 9.58. The van der Waals surface area contributed by atoms with Gasteiger partial charge in [-0.25, -0.2) is 0 Å². The average Bonchev–Trinajstić information content (AvgIpc) is 2.85. The number of carbonyl (C=O) groups is 1. The number of nitrogens with zero attached hydrogens (tertiary/aromatic N) is 1. The van der Waals surface area contributed by atoms with E-state index in [1.54, 1.807) is 0 Å². The highest BCUT2D eigenvalue weighted by atomic mass is 16.1. The van der Waals surface area contributed by atoms with Crippen LogP contribution in [0.25, 0.3) is 0 Å². The predicted octanol–water partition coefficient (Wildman–Crippen LogP) is 5.13. The van der Waals surface area contributed by atoms with E-state index in [4.69, 9.17) is 0 Å². The first kappa shape index (κ1) is 15.7. The van der Waals surface area contributed by atoms with Gasteiger partial charge in [-0.1, -0.05) is 13.8 Å². The van der Waals surface area contributed by atoms with Gasteiger partial charge in [0.1, 0.15) is 5.78 Å². The zero-order chi connectivity index (χ0) is 16.2. The van der Waals surface area contributed by atoms with Crippen LogP contribution in [0, 0.1) is 51.8 Å². The van der Waals surface area contributed by atoms with E-state index in [1.807, 2.05) is 0 Å². The summed E-state index contributed by atoms with van der Waals surface area (Å²) < 4.78 is 0. The Morgan fingerprint density at radius 3 is 2.61 bits per heavy atom. The molecular formula is C21H31NO. The van der Waals surface area contributed by atoms with Crippen molar-refractivity contribution in [3.8, 4) is 6.07 Å². The van der Waals surface area contributed by atoms with Gasteiger partial charge in [-0.3, -0.25) is 4.79 Å². The lowest BCUT2D eigenvalue weighted by molar-refractivity contribution is -0.139. The molecule has 0 aliphatic heterocycles. The molecule has 0 aromatic heterocycles. The molecule has 0 radical (unpaired) electrons. The van der Waals surface area contributed by atoms with Gasteiger partial charge < -0.3 is 0 Å². The van der Waals surface area contributed by atoms with Gasteiger partial charge in [0.25, 0.3) is 0 Å². The van der Waals surface area contributed by atoms with E-state index in [1.165, 1.54) is 38.5 Å². The number of carbonyl (C=O) groups excluding carboxylic acids is 1. The summed E-state index contributed by atoms with van der Waals surface area (Å²) in [4.78, 5) is 11.9. The second-order valence-electron chi connectivity index (χ2n) is 9.58. The van der Waals surface area contributed by atoms with Crippen LogP contribution >= 0.6 is 0 Å². The Hall–Kier alpha value is -0.840. The number of ketones is 1. The standard InChI is InChI=1S/C21H31NO/c1-20-11-8-19-17(18(20)6-4-14(20)9-12-22)5-3-15-13-16(23)7-10-21(15,19)2/h14-15,17-19H,3-11,13H2,1-2H3/t14-,15+,17+,18+,19+,20-,21+/m1/s1. The summed E-state index contributed by atoms with van der Waals surface area (Å²) in [7, 11) is 0. The molecule has 0 N–H and O–H groups in total. The van der Waals surface area contributed by atoms with Gasteiger partial charge in [0.05, 0.1) is 6.07 Å². The summed E-state index contributed by atoms with van der Waals surface area (Å²) in [5.41, 5.74) is 0.843. The Morgan fingerprint density at radius 2 is 1.83 bits per heavy atom. The molecule has 126 valence electrons. The van der Waals surface area contributed by atoms with Gasteiger partial charge in [-0.05, 0) is 85.4 Å². The maximum atomic E-state index is 11.9. The lowest BCUT2D eigenvalue weighted by atomic mass is 9.45. The summed E-state index contributed by atoms with van der Waals surface area (Å²) in [6.45, 7) is 5.02. The Kier molecular flexibility index (Phi) is 3.63. The summed E-state index contributed by atoms with van der Waals surface area (Å²) >= 11 is 0. The molecule has 2 heteroatoms. The number of fused-ring (bicyclic) bond motifs is 5. The predicted molar refractivity (Wildman–Crippen MR) is 90.5 cm³/mol. The zero-order valence-electron chi connectivity index (χ0n) is 14.8. The van der Waals surface area contributed by atoms with Crippen molar-refractivity contribution < 1.29 is 4.79 Å². The Labute approximate surface area is 141 Å². The molecule has 2 nitrogen and oxygen atoms in total. The first-order valence-corrected chi connectivity index (χ1v) is 9.87. The van der Waals surface area contributed by atoms with E-state index in [2.05, 4.69) is 19.9 Å². The third kappa shape index (κ3) is 2.15. The van der Waals surface area contributed by atoms with Crippen LogP contribution in [0.4, 0.5) is 0 Å². The molecule has 0 aromatic carbocycles. The molecule has 23 heavy (non-hydrogen) atoms. The van der Waals surface area contributed by atoms with E-state index >= 15 is 0 Å². The summed E-state index contributed by atoms with van der Waals surface area (Å²) in [6.07, 6.45) is 11.5. The van der Waals surface area contributed by atoms with E-state index < -0.39 is 0 Å². The highest BCUT2D eigenvalue weighted by Crippen LogP contribution is 2.67. The maximum Gasteiger partial charge on any atom is 0.133 e. The highest BCUT2D eigenvalue weighted by molar-refractivity contribution is 5.79. The van der Waals surface area contributed by atoms with Gasteiger partial charge in [0.2, 0.25) is 0 Å². The number of rotatable bonds is 1. The van der Waals surface area contributed by atoms with Gasteiger partial charge in [-0.15, -0.1) is 0 Å². The fourth-order valence-electron chi connectivity index (χ4n) is 7.60. The Morgan fingerprint density at radius 1 is 1.04 bits per heavy atom. The van der Waals surface area contributed by atoms with Crippen LogP contribution in [0.1, 0.15) is 78.1 Å². The molecule has 0 bridgehead atoms. The summed E-state index contributed by atoms with van der Waals surface area (Å²) in [6, 6.07) is 2.46. The van der Waals surface area contributed by atoms with Crippen molar-refractivity contribution in [3.63, 3.8) is 0 Å². The Balaban J connectivity index is 1.60. The fourth-order valence-corrected chi connectivity index (χ4v) is 7.60. The molecule has 0 amide bonds. The molecule has 0 spiro atoms. The monoisotopic (exact) mass is 313 g/mol. The first-order chi connectivity index (χ1) is 11.0. The largest absolute Gasteiger partial charge is 0.300 e. The van der Waals surface area contributed by atoms with Crippen LogP contribution in [0.15, 0.2) is 0 Å². The van der Waals surface area contributed by atoms with Crippen molar-refractivity contribution in [2.24, 2.45) is 40.4 Å². The summed E-state index contributed by atoms with van der Waals surface area (Å²) in [5, 5.41) is 9.20. The van der Waals surface area contributed by atoms with Gasteiger partial charge in [0.15, 0.2) is 0 Å². The van der Waals surface area contributed by atoms with E-state index in [0.717, 1.165) is 43.4 Å². The van der Waals surface area contributed by atoms with Crippen molar-refractivity contribution in [1.29, 1.82) is 5.26 Å². The number of hydrogen-bond donors (Lipinski definition) is 0. The second kappa shape index (κ2) is 5.33. The van der Waals surface area contributed by atoms with Crippen LogP contribution in [-0.2, 0) is 4.79 Å². The third-order valence-electron chi connectivity index (χ3n) is 9.02. The minimum absolute atomic E-state index is 0.421. The lowest BCUT2D eigenvalue weighted by Crippen LogP contribution is -2.53. The number of Topliss-reactive ketones (excluding diaryl/α,β-unsaturated/α-hetero) is 1. The molecule has 0 heterocycles. The molecule has 4 rings (SSSR count). The zero-order valence-corrected chi connectivity index (χ0v) is 14.8. The molecule has 0 unspecified atom stereocenters. The summed E-state index contributed by atoms with van der Waals surface area (Å²) in [5.74, 6) is 4.36. The van der Waals surface area contributed by atoms with Crippen LogP contribution < -0.4 is 0 Å². The molecule has 7 atom stereocenters. The highest BCUT2D eigenvalue weighted by Gasteiger charge is 2.59. The van der Waals surface area contributed by atoms with Crippen molar-refractivity contribution in [3.05, 3.63) is 0 Å². The van der Waals surface area contributed by atoms with E-state index in [9.17, 15) is 10.1 Å². The van der Waals surface area contributed by atoms with Crippen molar-refractivity contribution >= 4 is 5.78 Å². The number of hydrogen-bond acceptors (Lipinski definition) is 2. The third-order valence-corrected chi connectivity index (χ3v) is 9.02. The minimum atomic E-state index is 0.421. The fraction of sp³-hybridized carbons (Fsp3) is 0.905. The maximum absolute atomic E-state index is 11.9. The smallest absolute Gasteiger partial charge is 0.133 e.